The molecule has 1 heterocycles. The fraction of sp³-hybridized carbons (Fsp3) is 1.00. The summed E-state index contributed by atoms with van der Waals surface area (Å²) >= 11 is 0. The molecule has 1 N–H and O–H groups in total. The molecule has 0 radical (unpaired) electrons. The zero-order valence-corrected chi connectivity index (χ0v) is 6.35. The fourth-order valence-corrected chi connectivity index (χ4v) is 2.17. The average molecular weight is 163 g/mol. The highest BCUT2D eigenvalue weighted by Gasteiger charge is 2.79. The summed E-state index contributed by atoms with van der Waals surface area (Å²) in [7, 11) is 1.76. The molecule has 2 nitrogen and oxygen atoms in total. The minimum absolute atomic E-state index is 0.0322. The van der Waals surface area contributed by atoms with Crippen LogP contribution in [0.5, 0.6) is 0 Å². The molecule has 11 heavy (non-hydrogen) atoms. The first-order chi connectivity index (χ1) is 5.03. The van der Waals surface area contributed by atoms with Crippen LogP contribution in [0.15, 0.2) is 0 Å². The van der Waals surface area contributed by atoms with E-state index >= 15 is 0 Å². The first kappa shape index (κ1) is 7.43. The summed E-state index contributed by atoms with van der Waals surface area (Å²) in [5, 5.41) is 8.79. The lowest BCUT2D eigenvalue weighted by Gasteiger charge is -2.45. The predicted octanol–water partition coefficient (Wildman–Crippen LogP) is 0.318. The number of hydrogen-bond donors (Lipinski definition) is 1. The topological polar surface area (TPSA) is 23.5 Å². The third kappa shape index (κ3) is 0.667. The normalized spacial score (nSPS) is 47.5. The highest BCUT2D eigenvalue weighted by molar-refractivity contribution is 5.23. The van der Waals surface area contributed by atoms with Gasteiger partial charge in [-0.05, 0) is 7.05 Å². The Balaban J connectivity index is 2.10. The Morgan fingerprint density at radius 2 is 2.18 bits per heavy atom. The maximum Gasteiger partial charge on any atom is 0.257 e. The van der Waals surface area contributed by atoms with Gasteiger partial charge in [0.15, 0.2) is 0 Å². The Labute approximate surface area is 63.8 Å². The van der Waals surface area contributed by atoms with Gasteiger partial charge in [-0.3, -0.25) is 4.90 Å². The molecule has 1 aliphatic carbocycles. The van der Waals surface area contributed by atoms with Crippen molar-refractivity contribution in [1.82, 2.24) is 4.90 Å². The molecule has 0 aromatic carbocycles. The average Bonchev–Trinajstić information content (AvgIpc) is 2.37. The van der Waals surface area contributed by atoms with E-state index in [0.717, 1.165) is 0 Å². The Hall–Kier alpha value is -0.220. The monoisotopic (exact) mass is 163 g/mol. The van der Waals surface area contributed by atoms with Gasteiger partial charge in [0, 0.05) is 19.0 Å². The molecule has 2 rings (SSSR count). The SMILES string of the molecule is CN1CC2(CC2(F)F)C1CO. The van der Waals surface area contributed by atoms with Crippen LogP contribution >= 0.6 is 0 Å². The molecule has 1 saturated carbocycles. The molecule has 1 spiro atoms. The second-order valence-electron chi connectivity index (χ2n) is 3.65. The molecule has 2 fully saturated rings. The van der Waals surface area contributed by atoms with E-state index in [4.69, 9.17) is 5.11 Å². The lowest BCUT2D eigenvalue weighted by Crippen LogP contribution is -2.60. The van der Waals surface area contributed by atoms with Crippen molar-refractivity contribution in [1.29, 1.82) is 0 Å². The Kier molecular flexibility index (Phi) is 1.18. The van der Waals surface area contributed by atoms with E-state index < -0.39 is 11.3 Å². The molecule has 0 amide bonds. The number of likely N-dealkylation sites (N-methyl/N-ethyl adjacent to an activating group) is 1. The summed E-state index contributed by atoms with van der Waals surface area (Å²) in [4.78, 5) is 1.78. The van der Waals surface area contributed by atoms with Crippen molar-refractivity contribution >= 4 is 0 Å². The number of nitrogens with zero attached hydrogens (tertiary/aromatic N) is 1. The highest BCUT2D eigenvalue weighted by Crippen LogP contribution is 2.67. The Morgan fingerprint density at radius 1 is 1.64 bits per heavy atom. The number of alkyl halides is 2. The van der Waals surface area contributed by atoms with Crippen molar-refractivity contribution < 1.29 is 13.9 Å². The van der Waals surface area contributed by atoms with Gasteiger partial charge in [-0.2, -0.15) is 0 Å². The van der Waals surface area contributed by atoms with Crippen LogP contribution in [-0.4, -0.2) is 42.2 Å². The van der Waals surface area contributed by atoms with E-state index in [1.165, 1.54) is 0 Å². The predicted molar refractivity (Wildman–Crippen MR) is 35.5 cm³/mol. The zero-order valence-electron chi connectivity index (χ0n) is 6.35. The van der Waals surface area contributed by atoms with Crippen molar-refractivity contribution in [2.75, 3.05) is 20.2 Å². The van der Waals surface area contributed by atoms with Gasteiger partial charge >= 0.3 is 0 Å². The van der Waals surface area contributed by atoms with E-state index in [-0.39, 0.29) is 19.1 Å². The van der Waals surface area contributed by atoms with E-state index in [2.05, 4.69) is 0 Å². The zero-order chi connectivity index (χ0) is 8.28. The number of aliphatic hydroxyl groups is 1. The van der Waals surface area contributed by atoms with Gasteiger partial charge in [0.1, 0.15) is 0 Å². The van der Waals surface area contributed by atoms with Gasteiger partial charge in [-0.15, -0.1) is 0 Å². The summed E-state index contributed by atoms with van der Waals surface area (Å²) < 4.78 is 25.4. The number of halogens is 2. The van der Waals surface area contributed by atoms with Gasteiger partial charge in [0.25, 0.3) is 5.92 Å². The third-order valence-corrected chi connectivity index (χ3v) is 3.02. The van der Waals surface area contributed by atoms with Crippen LogP contribution in [0.4, 0.5) is 8.78 Å². The van der Waals surface area contributed by atoms with Crippen molar-refractivity contribution in [3.63, 3.8) is 0 Å². The van der Waals surface area contributed by atoms with Crippen LogP contribution in [0.3, 0.4) is 0 Å². The van der Waals surface area contributed by atoms with Crippen LogP contribution in [0.1, 0.15) is 6.42 Å². The maximum atomic E-state index is 12.7. The third-order valence-electron chi connectivity index (χ3n) is 3.02. The van der Waals surface area contributed by atoms with E-state index in [1.807, 2.05) is 0 Å². The highest BCUT2D eigenvalue weighted by atomic mass is 19.3. The van der Waals surface area contributed by atoms with Crippen LogP contribution in [0.25, 0.3) is 0 Å². The number of likely N-dealkylation sites (tertiary alicyclic amines) is 1. The van der Waals surface area contributed by atoms with E-state index in [9.17, 15) is 8.78 Å². The van der Waals surface area contributed by atoms with Crippen molar-refractivity contribution in [3.8, 4) is 0 Å². The van der Waals surface area contributed by atoms with Crippen LogP contribution in [0.2, 0.25) is 0 Å². The molecule has 2 atom stereocenters. The molecule has 0 aromatic rings. The smallest absolute Gasteiger partial charge is 0.257 e. The molecule has 1 aliphatic heterocycles. The van der Waals surface area contributed by atoms with Gasteiger partial charge in [0.2, 0.25) is 0 Å². The van der Waals surface area contributed by atoms with Crippen molar-refractivity contribution in [2.24, 2.45) is 5.41 Å². The van der Waals surface area contributed by atoms with Gasteiger partial charge in [-0.25, -0.2) is 8.78 Å². The summed E-state index contributed by atoms with van der Waals surface area (Å²) in [6.07, 6.45) is -0.0322. The van der Waals surface area contributed by atoms with Gasteiger partial charge in [0.05, 0.1) is 12.0 Å². The molecular formula is C7H11F2NO. The number of rotatable bonds is 1. The number of aliphatic hydroxyl groups excluding tert-OH is 1. The minimum atomic E-state index is -2.51. The maximum absolute atomic E-state index is 12.7. The lowest BCUT2D eigenvalue weighted by molar-refractivity contribution is -0.0824. The van der Waals surface area contributed by atoms with E-state index in [1.54, 1.807) is 11.9 Å². The summed E-state index contributed by atoms with van der Waals surface area (Å²) in [6, 6.07) is -0.308. The fourth-order valence-electron chi connectivity index (χ4n) is 2.17. The summed E-state index contributed by atoms with van der Waals surface area (Å²) in [5.74, 6) is -2.51. The molecule has 1 saturated heterocycles. The van der Waals surface area contributed by atoms with Crippen molar-refractivity contribution in [2.45, 2.75) is 18.4 Å². The van der Waals surface area contributed by atoms with Crippen molar-refractivity contribution in [3.05, 3.63) is 0 Å². The Morgan fingerprint density at radius 3 is 2.36 bits per heavy atom. The largest absolute Gasteiger partial charge is 0.395 e. The summed E-state index contributed by atoms with van der Waals surface area (Å²) in [6.45, 7) is 0.289. The summed E-state index contributed by atoms with van der Waals surface area (Å²) in [5.41, 5.74) is -0.851. The molecule has 0 aromatic heterocycles. The second-order valence-corrected chi connectivity index (χ2v) is 3.65. The van der Waals surface area contributed by atoms with Gasteiger partial charge < -0.3 is 5.11 Å². The van der Waals surface area contributed by atoms with Crippen LogP contribution in [-0.2, 0) is 0 Å². The lowest BCUT2D eigenvalue weighted by atomic mass is 9.85. The molecule has 64 valence electrons. The molecule has 2 aliphatic rings. The van der Waals surface area contributed by atoms with E-state index in [0.29, 0.717) is 6.54 Å². The first-order valence-corrected chi connectivity index (χ1v) is 3.72. The quantitative estimate of drug-likeness (QED) is 0.601. The molecular weight excluding hydrogens is 152 g/mol. The van der Waals surface area contributed by atoms with Crippen LogP contribution in [0, 0.1) is 5.41 Å². The molecule has 0 bridgehead atoms. The second kappa shape index (κ2) is 1.75. The standard InChI is InChI=1S/C7H11F2NO/c1-10-4-6(5(10)2-11)3-7(6,8)9/h5,11H,2-4H2,1H3. The first-order valence-electron chi connectivity index (χ1n) is 3.72. The number of hydrogen-bond acceptors (Lipinski definition) is 2. The minimum Gasteiger partial charge on any atom is -0.395 e. The Bertz CT molecular complexity index is 197. The molecule has 4 heteroatoms. The molecule has 2 unspecified atom stereocenters. The van der Waals surface area contributed by atoms with Gasteiger partial charge in [-0.1, -0.05) is 0 Å². The van der Waals surface area contributed by atoms with Crippen LogP contribution < -0.4 is 0 Å².